The second kappa shape index (κ2) is 8.47. The molecule has 4 heteroatoms. The van der Waals surface area contributed by atoms with Gasteiger partial charge in [-0.2, -0.15) is 0 Å². The van der Waals surface area contributed by atoms with Gasteiger partial charge in [-0.1, -0.05) is 19.9 Å². The van der Waals surface area contributed by atoms with E-state index in [-0.39, 0.29) is 0 Å². The molecule has 1 unspecified atom stereocenters. The van der Waals surface area contributed by atoms with Gasteiger partial charge in [0.25, 0.3) is 0 Å². The van der Waals surface area contributed by atoms with Crippen LogP contribution in [0.25, 0.3) is 0 Å². The largest absolute Gasteiger partial charge is 0.313 e. The minimum atomic E-state index is 0.730. The van der Waals surface area contributed by atoms with Gasteiger partial charge in [0.05, 0.1) is 5.69 Å². The standard InChI is InChI=1S/C17H30N4/c1-4-18-11-15-8-9-16(19-12-15)13-20(3)14-17-7-6-10-21(17)5-2/h8-9,12,17-18H,4-7,10-11,13-14H2,1-3H3. The average molecular weight is 290 g/mol. The third kappa shape index (κ3) is 5.06. The summed E-state index contributed by atoms with van der Waals surface area (Å²) in [6, 6.07) is 5.08. The monoisotopic (exact) mass is 290 g/mol. The molecule has 1 N–H and O–H groups in total. The molecule has 4 nitrogen and oxygen atoms in total. The third-order valence-electron chi connectivity index (χ3n) is 4.32. The fourth-order valence-electron chi connectivity index (χ4n) is 3.14. The first-order valence-corrected chi connectivity index (χ1v) is 8.30. The van der Waals surface area contributed by atoms with Crippen molar-refractivity contribution in [2.75, 3.05) is 33.2 Å². The van der Waals surface area contributed by atoms with E-state index in [2.05, 4.69) is 53.1 Å². The maximum atomic E-state index is 4.59. The summed E-state index contributed by atoms with van der Waals surface area (Å²) in [4.78, 5) is 9.60. The molecule has 1 atom stereocenters. The van der Waals surface area contributed by atoms with Gasteiger partial charge in [-0.05, 0) is 51.2 Å². The van der Waals surface area contributed by atoms with Crippen LogP contribution in [0.3, 0.4) is 0 Å². The molecule has 1 saturated heterocycles. The minimum Gasteiger partial charge on any atom is -0.313 e. The third-order valence-corrected chi connectivity index (χ3v) is 4.32. The highest BCUT2D eigenvalue weighted by Gasteiger charge is 2.23. The summed E-state index contributed by atoms with van der Waals surface area (Å²) in [5.41, 5.74) is 2.43. The Morgan fingerprint density at radius 1 is 1.38 bits per heavy atom. The topological polar surface area (TPSA) is 31.4 Å². The summed E-state index contributed by atoms with van der Waals surface area (Å²) < 4.78 is 0. The number of aromatic nitrogens is 1. The lowest BCUT2D eigenvalue weighted by Crippen LogP contribution is -2.38. The lowest BCUT2D eigenvalue weighted by atomic mass is 10.2. The minimum absolute atomic E-state index is 0.730. The lowest BCUT2D eigenvalue weighted by molar-refractivity contribution is 0.194. The van der Waals surface area contributed by atoms with Crippen molar-refractivity contribution in [1.29, 1.82) is 0 Å². The highest BCUT2D eigenvalue weighted by Crippen LogP contribution is 2.17. The van der Waals surface area contributed by atoms with Gasteiger partial charge >= 0.3 is 0 Å². The normalized spacial score (nSPS) is 19.5. The van der Waals surface area contributed by atoms with Gasteiger partial charge < -0.3 is 5.32 Å². The molecule has 1 aliphatic rings. The Hall–Kier alpha value is -0.970. The second-order valence-electron chi connectivity index (χ2n) is 6.06. The van der Waals surface area contributed by atoms with Crippen LogP contribution in [0.15, 0.2) is 18.3 Å². The number of hydrogen-bond donors (Lipinski definition) is 1. The summed E-state index contributed by atoms with van der Waals surface area (Å²) >= 11 is 0. The van der Waals surface area contributed by atoms with Crippen LogP contribution in [-0.2, 0) is 13.1 Å². The van der Waals surface area contributed by atoms with Crippen molar-refractivity contribution in [3.05, 3.63) is 29.6 Å². The van der Waals surface area contributed by atoms with Gasteiger partial charge in [0.15, 0.2) is 0 Å². The first kappa shape index (κ1) is 16.4. The fraction of sp³-hybridized carbons (Fsp3) is 0.706. The van der Waals surface area contributed by atoms with E-state index in [4.69, 9.17) is 0 Å². The summed E-state index contributed by atoms with van der Waals surface area (Å²) in [5, 5.41) is 3.33. The number of likely N-dealkylation sites (N-methyl/N-ethyl adjacent to an activating group) is 2. The maximum absolute atomic E-state index is 4.59. The summed E-state index contributed by atoms with van der Waals surface area (Å²) in [5.74, 6) is 0. The first-order chi connectivity index (χ1) is 10.2. The van der Waals surface area contributed by atoms with E-state index < -0.39 is 0 Å². The first-order valence-electron chi connectivity index (χ1n) is 8.30. The van der Waals surface area contributed by atoms with Crippen LogP contribution in [0.5, 0.6) is 0 Å². The van der Waals surface area contributed by atoms with Gasteiger partial charge in [-0.25, -0.2) is 0 Å². The van der Waals surface area contributed by atoms with E-state index in [0.29, 0.717) is 0 Å². The molecule has 0 radical (unpaired) electrons. The van der Waals surface area contributed by atoms with Crippen LogP contribution in [0, 0.1) is 0 Å². The van der Waals surface area contributed by atoms with Crippen molar-refractivity contribution in [3.63, 3.8) is 0 Å². The van der Waals surface area contributed by atoms with E-state index in [1.54, 1.807) is 0 Å². The second-order valence-corrected chi connectivity index (χ2v) is 6.06. The highest BCUT2D eigenvalue weighted by atomic mass is 15.2. The molecule has 0 saturated carbocycles. The molecule has 0 spiro atoms. The van der Waals surface area contributed by atoms with Crippen LogP contribution in [0.2, 0.25) is 0 Å². The zero-order valence-electron chi connectivity index (χ0n) is 13.8. The van der Waals surface area contributed by atoms with E-state index in [1.807, 2.05) is 6.20 Å². The van der Waals surface area contributed by atoms with Crippen molar-refractivity contribution in [1.82, 2.24) is 20.1 Å². The predicted octanol–water partition coefficient (Wildman–Crippen LogP) is 2.11. The van der Waals surface area contributed by atoms with Crippen molar-refractivity contribution in [2.45, 2.75) is 45.8 Å². The van der Waals surface area contributed by atoms with Gasteiger partial charge in [-0.3, -0.25) is 14.8 Å². The smallest absolute Gasteiger partial charge is 0.0544 e. The SMILES string of the molecule is CCNCc1ccc(CN(C)CC2CCCN2CC)nc1. The number of nitrogens with zero attached hydrogens (tertiary/aromatic N) is 3. The molecule has 0 aromatic carbocycles. The fourth-order valence-corrected chi connectivity index (χ4v) is 3.14. The van der Waals surface area contributed by atoms with Gasteiger partial charge in [-0.15, -0.1) is 0 Å². The molecular weight excluding hydrogens is 260 g/mol. The Bertz CT molecular complexity index is 404. The van der Waals surface area contributed by atoms with E-state index in [9.17, 15) is 0 Å². The highest BCUT2D eigenvalue weighted by molar-refractivity contribution is 5.13. The summed E-state index contributed by atoms with van der Waals surface area (Å²) in [6.45, 7) is 10.8. The Kier molecular flexibility index (Phi) is 6.61. The Morgan fingerprint density at radius 3 is 2.90 bits per heavy atom. The van der Waals surface area contributed by atoms with Crippen LogP contribution >= 0.6 is 0 Å². The van der Waals surface area contributed by atoms with Crippen LogP contribution in [-0.4, -0.2) is 54.1 Å². The van der Waals surface area contributed by atoms with Crippen molar-refractivity contribution in [2.24, 2.45) is 0 Å². The lowest BCUT2D eigenvalue weighted by Gasteiger charge is -2.27. The number of hydrogen-bond acceptors (Lipinski definition) is 4. The molecule has 0 amide bonds. The number of rotatable bonds is 8. The summed E-state index contributed by atoms with van der Waals surface area (Å²) in [7, 11) is 2.21. The van der Waals surface area contributed by atoms with E-state index >= 15 is 0 Å². The Balaban J connectivity index is 1.80. The number of pyridine rings is 1. The zero-order chi connectivity index (χ0) is 15.1. The van der Waals surface area contributed by atoms with Crippen LogP contribution in [0.1, 0.15) is 37.9 Å². The molecule has 0 bridgehead atoms. The molecule has 2 rings (SSSR count). The Morgan fingerprint density at radius 2 is 2.24 bits per heavy atom. The van der Waals surface area contributed by atoms with Crippen LogP contribution in [0.4, 0.5) is 0 Å². The quantitative estimate of drug-likeness (QED) is 0.794. The molecular formula is C17H30N4. The van der Waals surface area contributed by atoms with Gasteiger partial charge in [0.1, 0.15) is 0 Å². The molecule has 1 aromatic heterocycles. The molecule has 2 heterocycles. The van der Waals surface area contributed by atoms with Crippen molar-refractivity contribution < 1.29 is 0 Å². The van der Waals surface area contributed by atoms with Crippen molar-refractivity contribution in [3.8, 4) is 0 Å². The van der Waals surface area contributed by atoms with Crippen molar-refractivity contribution >= 4 is 0 Å². The number of likely N-dealkylation sites (tertiary alicyclic amines) is 1. The van der Waals surface area contributed by atoms with Gasteiger partial charge in [0, 0.05) is 31.9 Å². The van der Waals surface area contributed by atoms with E-state index in [0.717, 1.165) is 32.2 Å². The molecule has 1 aliphatic heterocycles. The van der Waals surface area contributed by atoms with Crippen LogP contribution < -0.4 is 5.32 Å². The predicted molar refractivity (Wildman–Crippen MR) is 88.2 cm³/mol. The molecule has 21 heavy (non-hydrogen) atoms. The average Bonchev–Trinajstić information content (AvgIpc) is 2.93. The molecule has 0 aliphatic carbocycles. The number of nitrogens with one attached hydrogen (secondary N) is 1. The molecule has 118 valence electrons. The molecule has 1 fully saturated rings. The zero-order valence-corrected chi connectivity index (χ0v) is 13.8. The van der Waals surface area contributed by atoms with Gasteiger partial charge in [0.2, 0.25) is 0 Å². The maximum Gasteiger partial charge on any atom is 0.0544 e. The van der Waals surface area contributed by atoms with E-state index in [1.165, 1.54) is 37.2 Å². The Labute approximate surface area is 129 Å². The molecule has 1 aromatic rings. The summed E-state index contributed by atoms with van der Waals surface area (Å²) in [6.07, 6.45) is 4.69.